The predicted molar refractivity (Wildman–Crippen MR) is 110 cm³/mol. The molecule has 0 radical (unpaired) electrons. The summed E-state index contributed by atoms with van der Waals surface area (Å²) in [5.74, 6) is 2.20. The van der Waals surface area contributed by atoms with E-state index in [2.05, 4.69) is 54.4 Å². The van der Waals surface area contributed by atoms with Gasteiger partial charge in [0.1, 0.15) is 6.61 Å². The zero-order valence-electron chi connectivity index (χ0n) is 16.8. The van der Waals surface area contributed by atoms with Crippen molar-refractivity contribution in [2.75, 3.05) is 33.3 Å². The van der Waals surface area contributed by atoms with E-state index in [0.29, 0.717) is 18.6 Å². The molecule has 0 spiro atoms. The molecule has 1 aliphatic rings. The minimum Gasteiger partial charge on any atom is -0.493 e. The highest BCUT2D eigenvalue weighted by molar-refractivity contribution is 5.44. The molecule has 2 atom stereocenters. The van der Waals surface area contributed by atoms with Crippen LogP contribution in [0.1, 0.15) is 37.4 Å². The second-order valence-corrected chi connectivity index (χ2v) is 7.30. The first-order valence-electron chi connectivity index (χ1n) is 10.0. The summed E-state index contributed by atoms with van der Waals surface area (Å²) < 4.78 is 11.7. The lowest BCUT2D eigenvalue weighted by molar-refractivity contribution is 0.128. The number of hydrogen-bond donors (Lipinski definition) is 1. The van der Waals surface area contributed by atoms with Gasteiger partial charge in [-0.25, -0.2) is 0 Å². The lowest BCUT2D eigenvalue weighted by Gasteiger charge is -2.38. The molecule has 2 aromatic rings. The monoisotopic (exact) mass is 368 g/mol. The fourth-order valence-corrected chi connectivity index (χ4v) is 3.81. The van der Waals surface area contributed by atoms with Crippen molar-refractivity contribution in [1.82, 2.24) is 10.2 Å². The Morgan fingerprint density at radius 1 is 1.04 bits per heavy atom. The topological polar surface area (TPSA) is 33.7 Å². The Hall–Kier alpha value is -2.04. The molecule has 1 N–H and O–H groups in total. The van der Waals surface area contributed by atoms with Gasteiger partial charge in [-0.15, -0.1) is 0 Å². The molecule has 1 heterocycles. The second kappa shape index (κ2) is 9.77. The number of rotatable bonds is 8. The Kier molecular flexibility index (Phi) is 7.13. The third kappa shape index (κ3) is 5.02. The Morgan fingerprint density at radius 2 is 1.78 bits per heavy atom. The third-order valence-corrected chi connectivity index (χ3v) is 5.49. The van der Waals surface area contributed by atoms with Crippen LogP contribution in [0.5, 0.6) is 11.5 Å². The molecule has 0 amide bonds. The number of ether oxygens (including phenoxy) is 2. The van der Waals surface area contributed by atoms with Crippen LogP contribution in [0.3, 0.4) is 0 Å². The molecule has 0 bridgehead atoms. The minimum atomic E-state index is 0.411. The Labute approximate surface area is 163 Å². The normalized spacial score (nSPS) is 17.3. The third-order valence-electron chi connectivity index (χ3n) is 5.49. The van der Waals surface area contributed by atoms with Crippen molar-refractivity contribution in [3.05, 3.63) is 59.7 Å². The molecule has 1 aliphatic heterocycles. The van der Waals surface area contributed by atoms with Gasteiger partial charge in [-0.3, -0.25) is 4.90 Å². The van der Waals surface area contributed by atoms with E-state index < -0.39 is 0 Å². The van der Waals surface area contributed by atoms with Gasteiger partial charge in [0.25, 0.3) is 0 Å². The zero-order chi connectivity index (χ0) is 19.1. The molecule has 1 unspecified atom stereocenters. The minimum absolute atomic E-state index is 0.411. The van der Waals surface area contributed by atoms with Gasteiger partial charge >= 0.3 is 0 Å². The van der Waals surface area contributed by atoms with E-state index >= 15 is 0 Å². The van der Waals surface area contributed by atoms with Crippen molar-refractivity contribution in [2.45, 2.75) is 32.9 Å². The highest BCUT2D eigenvalue weighted by Gasteiger charge is 2.27. The lowest BCUT2D eigenvalue weighted by Crippen LogP contribution is -2.46. The Bertz CT molecular complexity index is 699. The summed E-state index contributed by atoms with van der Waals surface area (Å²) in [6.45, 7) is 9.45. The van der Waals surface area contributed by atoms with Gasteiger partial charge in [-0.05, 0) is 29.2 Å². The maximum Gasteiger partial charge on any atom is 0.161 e. The van der Waals surface area contributed by atoms with Crippen molar-refractivity contribution in [3.63, 3.8) is 0 Å². The van der Waals surface area contributed by atoms with Crippen LogP contribution in [-0.2, 0) is 6.61 Å². The molecule has 4 nitrogen and oxygen atoms in total. The summed E-state index contributed by atoms with van der Waals surface area (Å²) in [5, 5.41) is 3.46. The number of nitrogens with zero attached hydrogens (tertiary/aromatic N) is 1. The van der Waals surface area contributed by atoms with Crippen LogP contribution in [0, 0.1) is 5.92 Å². The van der Waals surface area contributed by atoms with Crippen molar-refractivity contribution in [1.29, 1.82) is 0 Å². The molecular formula is C23H32N2O2. The van der Waals surface area contributed by atoms with Crippen molar-refractivity contribution < 1.29 is 9.47 Å². The van der Waals surface area contributed by atoms with Crippen LogP contribution in [0.4, 0.5) is 0 Å². The van der Waals surface area contributed by atoms with E-state index in [9.17, 15) is 0 Å². The van der Waals surface area contributed by atoms with Crippen LogP contribution in [-0.4, -0.2) is 38.2 Å². The van der Waals surface area contributed by atoms with Gasteiger partial charge in [0, 0.05) is 32.2 Å². The summed E-state index contributed by atoms with van der Waals surface area (Å²) in [6, 6.07) is 17.1. The van der Waals surface area contributed by atoms with E-state index in [-0.39, 0.29) is 0 Å². The van der Waals surface area contributed by atoms with Crippen molar-refractivity contribution in [2.24, 2.45) is 5.92 Å². The molecule has 27 heavy (non-hydrogen) atoms. The summed E-state index contributed by atoms with van der Waals surface area (Å²) >= 11 is 0. The SMILES string of the molecule is CCC(C)[C@H](c1ccc(OCc2ccccc2)c(OC)c1)N1CCNCC1. The van der Waals surface area contributed by atoms with Crippen LogP contribution in [0.25, 0.3) is 0 Å². The molecule has 0 aromatic heterocycles. The summed E-state index contributed by atoms with van der Waals surface area (Å²) in [7, 11) is 1.72. The smallest absolute Gasteiger partial charge is 0.161 e. The zero-order valence-corrected chi connectivity index (χ0v) is 16.8. The van der Waals surface area contributed by atoms with Gasteiger partial charge in [0.05, 0.1) is 7.11 Å². The quantitative estimate of drug-likeness (QED) is 0.755. The van der Waals surface area contributed by atoms with Crippen LogP contribution in [0.2, 0.25) is 0 Å². The van der Waals surface area contributed by atoms with E-state index in [1.807, 2.05) is 18.2 Å². The van der Waals surface area contributed by atoms with E-state index in [1.165, 1.54) is 5.56 Å². The van der Waals surface area contributed by atoms with Gasteiger partial charge in [-0.1, -0.05) is 56.7 Å². The summed E-state index contributed by atoms with van der Waals surface area (Å²) in [6.07, 6.45) is 1.16. The average molecular weight is 369 g/mol. The summed E-state index contributed by atoms with van der Waals surface area (Å²) in [5.41, 5.74) is 2.47. The second-order valence-electron chi connectivity index (χ2n) is 7.30. The molecule has 146 valence electrons. The van der Waals surface area contributed by atoms with Gasteiger partial charge in [-0.2, -0.15) is 0 Å². The highest BCUT2D eigenvalue weighted by Crippen LogP contribution is 2.36. The van der Waals surface area contributed by atoms with Crippen molar-refractivity contribution >= 4 is 0 Å². The average Bonchev–Trinajstić information content (AvgIpc) is 2.74. The maximum absolute atomic E-state index is 6.03. The highest BCUT2D eigenvalue weighted by atomic mass is 16.5. The van der Waals surface area contributed by atoms with Gasteiger partial charge < -0.3 is 14.8 Å². The first-order valence-corrected chi connectivity index (χ1v) is 10.0. The molecule has 0 aliphatic carbocycles. The van der Waals surface area contributed by atoms with E-state index in [4.69, 9.17) is 9.47 Å². The standard InChI is InChI=1S/C23H32N2O2/c1-4-18(2)23(25-14-12-24-13-15-25)20-10-11-21(22(16-20)26-3)27-17-19-8-6-5-7-9-19/h5-11,16,18,23-24H,4,12-15,17H2,1-3H3/t18?,23-/m1/s1. The molecule has 2 aromatic carbocycles. The van der Waals surface area contributed by atoms with E-state index in [1.54, 1.807) is 7.11 Å². The Morgan fingerprint density at radius 3 is 2.44 bits per heavy atom. The maximum atomic E-state index is 6.03. The first kappa shape index (κ1) is 19.7. The van der Waals surface area contributed by atoms with Gasteiger partial charge in [0.15, 0.2) is 11.5 Å². The molecule has 1 saturated heterocycles. The molecule has 0 saturated carbocycles. The lowest BCUT2D eigenvalue weighted by atomic mass is 9.90. The van der Waals surface area contributed by atoms with Crippen molar-refractivity contribution in [3.8, 4) is 11.5 Å². The number of hydrogen-bond acceptors (Lipinski definition) is 4. The largest absolute Gasteiger partial charge is 0.493 e. The van der Waals surface area contributed by atoms with Crippen LogP contribution >= 0.6 is 0 Å². The Balaban J connectivity index is 1.79. The first-order chi connectivity index (χ1) is 13.2. The number of methoxy groups -OCH3 is 1. The van der Waals surface area contributed by atoms with Crippen LogP contribution in [0.15, 0.2) is 48.5 Å². The number of piperazine rings is 1. The fourth-order valence-electron chi connectivity index (χ4n) is 3.81. The molecule has 1 fully saturated rings. The predicted octanol–water partition coefficient (Wildman–Crippen LogP) is 4.27. The fraction of sp³-hybridized carbons (Fsp3) is 0.478. The van der Waals surface area contributed by atoms with Crippen LogP contribution < -0.4 is 14.8 Å². The number of benzene rings is 2. The van der Waals surface area contributed by atoms with Gasteiger partial charge in [0.2, 0.25) is 0 Å². The summed E-state index contributed by atoms with van der Waals surface area (Å²) in [4.78, 5) is 2.60. The molecular weight excluding hydrogens is 336 g/mol. The van der Waals surface area contributed by atoms with E-state index in [0.717, 1.165) is 49.7 Å². The number of nitrogens with one attached hydrogen (secondary N) is 1. The molecule has 4 heteroatoms. The molecule has 3 rings (SSSR count).